The first-order valence-electron chi connectivity index (χ1n) is 3.85. The van der Waals surface area contributed by atoms with Gasteiger partial charge in [0.15, 0.2) is 0 Å². The van der Waals surface area contributed by atoms with Crippen LogP contribution >= 0.6 is 0 Å². The van der Waals surface area contributed by atoms with Crippen LogP contribution in [0.25, 0.3) is 5.52 Å². The molecule has 0 bridgehead atoms. The van der Waals surface area contributed by atoms with Crippen LogP contribution < -0.4 is 0 Å². The highest BCUT2D eigenvalue weighted by atomic mass is 16.3. The zero-order valence-electron chi connectivity index (χ0n) is 6.86. The number of aromatic nitrogens is 2. The first kappa shape index (κ1) is 7.31. The molecule has 2 heterocycles. The van der Waals surface area contributed by atoms with Gasteiger partial charge >= 0.3 is 0 Å². The van der Waals surface area contributed by atoms with Crippen LogP contribution in [0.1, 0.15) is 11.4 Å². The summed E-state index contributed by atoms with van der Waals surface area (Å²) >= 11 is 0. The minimum absolute atomic E-state index is 0.0163. The lowest BCUT2D eigenvalue weighted by Gasteiger charge is -1.98. The Morgan fingerprint density at radius 2 is 2.42 bits per heavy atom. The van der Waals surface area contributed by atoms with Gasteiger partial charge in [-0.05, 0) is 18.6 Å². The number of imidazole rings is 1. The van der Waals surface area contributed by atoms with Gasteiger partial charge in [0.05, 0.1) is 11.7 Å². The van der Waals surface area contributed by atoms with Crippen molar-refractivity contribution < 1.29 is 5.11 Å². The van der Waals surface area contributed by atoms with Crippen LogP contribution in [-0.4, -0.2) is 14.5 Å². The van der Waals surface area contributed by atoms with Gasteiger partial charge in [0.2, 0.25) is 0 Å². The summed E-state index contributed by atoms with van der Waals surface area (Å²) in [5.74, 6) is 0.689. The van der Waals surface area contributed by atoms with Crippen molar-refractivity contribution in [1.29, 1.82) is 0 Å². The van der Waals surface area contributed by atoms with Crippen molar-refractivity contribution in [3.63, 3.8) is 0 Å². The number of aliphatic hydroxyl groups is 1. The molecular formula is C9H10N2O. The van der Waals surface area contributed by atoms with E-state index in [0.717, 1.165) is 5.52 Å². The summed E-state index contributed by atoms with van der Waals surface area (Å²) in [4.78, 5) is 4.09. The lowest BCUT2D eigenvalue weighted by molar-refractivity contribution is 0.270. The topological polar surface area (TPSA) is 37.5 Å². The van der Waals surface area contributed by atoms with Gasteiger partial charge in [0.25, 0.3) is 0 Å². The summed E-state index contributed by atoms with van der Waals surface area (Å²) in [6.07, 6.45) is 3.68. The molecule has 3 nitrogen and oxygen atoms in total. The Bertz CT molecular complexity index is 406. The van der Waals surface area contributed by atoms with Crippen LogP contribution in [0.5, 0.6) is 0 Å². The molecule has 0 saturated heterocycles. The summed E-state index contributed by atoms with van der Waals surface area (Å²) in [5.41, 5.74) is 2.23. The first-order valence-corrected chi connectivity index (χ1v) is 3.85. The molecule has 2 rings (SSSR count). The maximum atomic E-state index is 8.93. The van der Waals surface area contributed by atoms with E-state index in [9.17, 15) is 0 Å². The molecule has 0 aliphatic rings. The number of hydrogen-bond donors (Lipinski definition) is 1. The quantitative estimate of drug-likeness (QED) is 0.682. The van der Waals surface area contributed by atoms with E-state index in [1.165, 1.54) is 5.56 Å². The number of nitrogens with zero attached hydrogens (tertiary/aromatic N) is 2. The number of aryl methyl sites for hydroxylation is 1. The fraction of sp³-hybridized carbons (Fsp3) is 0.222. The lowest BCUT2D eigenvalue weighted by Crippen LogP contribution is -1.93. The third kappa shape index (κ3) is 0.905. The summed E-state index contributed by atoms with van der Waals surface area (Å²) in [6.45, 7) is 2.01. The van der Waals surface area contributed by atoms with E-state index >= 15 is 0 Å². The molecule has 0 fully saturated rings. The molecule has 0 unspecified atom stereocenters. The normalized spacial score (nSPS) is 10.8. The molecule has 2 aromatic rings. The van der Waals surface area contributed by atoms with Crippen LogP contribution in [0.4, 0.5) is 0 Å². The Morgan fingerprint density at radius 3 is 3.17 bits per heavy atom. The highest BCUT2D eigenvalue weighted by molar-refractivity contribution is 5.53. The average molecular weight is 162 g/mol. The highest BCUT2D eigenvalue weighted by Crippen LogP contribution is 2.10. The Balaban J connectivity index is 2.80. The maximum absolute atomic E-state index is 8.93. The summed E-state index contributed by atoms with van der Waals surface area (Å²) in [6, 6.07) is 3.97. The average Bonchev–Trinajstić information content (AvgIpc) is 2.49. The van der Waals surface area contributed by atoms with Gasteiger partial charge in [-0.15, -0.1) is 0 Å². The maximum Gasteiger partial charge on any atom is 0.139 e. The third-order valence-electron chi connectivity index (χ3n) is 2.00. The number of aliphatic hydroxyl groups excluding tert-OH is 1. The van der Waals surface area contributed by atoms with E-state index < -0.39 is 0 Å². The molecule has 2 aromatic heterocycles. The van der Waals surface area contributed by atoms with Crippen LogP contribution in [0.15, 0.2) is 24.5 Å². The molecular weight excluding hydrogens is 152 g/mol. The highest BCUT2D eigenvalue weighted by Gasteiger charge is 2.01. The molecule has 3 heteroatoms. The second kappa shape index (κ2) is 2.60. The summed E-state index contributed by atoms with van der Waals surface area (Å²) in [7, 11) is 0. The van der Waals surface area contributed by atoms with Crippen molar-refractivity contribution in [2.45, 2.75) is 13.5 Å². The van der Waals surface area contributed by atoms with Gasteiger partial charge in [0, 0.05) is 6.20 Å². The summed E-state index contributed by atoms with van der Waals surface area (Å²) < 4.78 is 1.90. The molecule has 0 atom stereocenters. The van der Waals surface area contributed by atoms with Crippen molar-refractivity contribution in [1.82, 2.24) is 9.38 Å². The predicted octanol–water partition coefficient (Wildman–Crippen LogP) is 1.14. The fourth-order valence-corrected chi connectivity index (χ4v) is 1.33. The number of pyridine rings is 1. The van der Waals surface area contributed by atoms with Crippen molar-refractivity contribution in [3.05, 3.63) is 35.9 Å². The molecule has 0 aliphatic carbocycles. The molecule has 12 heavy (non-hydrogen) atoms. The zero-order valence-corrected chi connectivity index (χ0v) is 6.86. The van der Waals surface area contributed by atoms with Gasteiger partial charge in [0.1, 0.15) is 12.4 Å². The smallest absolute Gasteiger partial charge is 0.139 e. The molecule has 62 valence electrons. The second-order valence-electron chi connectivity index (χ2n) is 2.78. The SMILES string of the molecule is Cc1cccn2c(CO)ncc12. The first-order chi connectivity index (χ1) is 5.83. The third-order valence-corrected chi connectivity index (χ3v) is 2.00. The Labute approximate surface area is 70.3 Å². The van der Waals surface area contributed by atoms with Crippen LogP contribution in [0.2, 0.25) is 0 Å². The standard InChI is InChI=1S/C9H10N2O/c1-7-3-2-4-11-8(7)5-10-9(11)6-12/h2-5,12H,6H2,1H3. The van der Waals surface area contributed by atoms with E-state index in [1.807, 2.05) is 29.7 Å². The zero-order chi connectivity index (χ0) is 8.55. The predicted molar refractivity (Wildman–Crippen MR) is 45.9 cm³/mol. The van der Waals surface area contributed by atoms with Gasteiger partial charge in [-0.1, -0.05) is 6.07 Å². The fourth-order valence-electron chi connectivity index (χ4n) is 1.33. The van der Waals surface area contributed by atoms with E-state index in [-0.39, 0.29) is 6.61 Å². The van der Waals surface area contributed by atoms with Crippen molar-refractivity contribution in [3.8, 4) is 0 Å². The molecule has 1 N–H and O–H groups in total. The summed E-state index contributed by atoms with van der Waals surface area (Å²) in [5, 5.41) is 8.93. The van der Waals surface area contributed by atoms with E-state index in [4.69, 9.17) is 5.11 Å². The van der Waals surface area contributed by atoms with Gasteiger partial charge in [-0.2, -0.15) is 0 Å². The van der Waals surface area contributed by atoms with E-state index in [2.05, 4.69) is 4.98 Å². The van der Waals surface area contributed by atoms with Crippen molar-refractivity contribution in [2.24, 2.45) is 0 Å². The Morgan fingerprint density at radius 1 is 1.58 bits per heavy atom. The molecule has 0 saturated carbocycles. The number of hydrogen-bond acceptors (Lipinski definition) is 2. The van der Waals surface area contributed by atoms with Crippen molar-refractivity contribution >= 4 is 5.52 Å². The Kier molecular flexibility index (Phi) is 1.59. The van der Waals surface area contributed by atoms with E-state index in [0.29, 0.717) is 5.82 Å². The van der Waals surface area contributed by atoms with Crippen molar-refractivity contribution in [2.75, 3.05) is 0 Å². The number of fused-ring (bicyclic) bond motifs is 1. The van der Waals surface area contributed by atoms with Crippen LogP contribution in [0, 0.1) is 6.92 Å². The largest absolute Gasteiger partial charge is 0.388 e. The monoisotopic (exact) mass is 162 g/mol. The van der Waals surface area contributed by atoms with Gasteiger partial charge in [-0.3, -0.25) is 0 Å². The minimum atomic E-state index is -0.0163. The van der Waals surface area contributed by atoms with Gasteiger partial charge < -0.3 is 9.51 Å². The minimum Gasteiger partial charge on any atom is -0.388 e. The molecule has 0 spiro atoms. The van der Waals surface area contributed by atoms with Crippen LogP contribution in [-0.2, 0) is 6.61 Å². The molecule has 0 aliphatic heterocycles. The molecule has 0 radical (unpaired) electrons. The van der Waals surface area contributed by atoms with Crippen LogP contribution in [0.3, 0.4) is 0 Å². The lowest BCUT2D eigenvalue weighted by atomic mass is 10.3. The number of rotatable bonds is 1. The molecule has 0 amide bonds. The van der Waals surface area contributed by atoms with E-state index in [1.54, 1.807) is 6.20 Å². The van der Waals surface area contributed by atoms with Gasteiger partial charge in [-0.25, -0.2) is 4.98 Å². The molecule has 0 aromatic carbocycles. The Hall–Kier alpha value is -1.35. The second-order valence-corrected chi connectivity index (χ2v) is 2.78.